The van der Waals surface area contributed by atoms with Crippen LogP contribution in [0.5, 0.6) is 0 Å². The van der Waals surface area contributed by atoms with Crippen molar-refractivity contribution in [1.29, 1.82) is 0 Å². The van der Waals surface area contributed by atoms with E-state index in [2.05, 4.69) is 10.3 Å². The zero-order chi connectivity index (χ0) is 28.9. The zero-order valence-corrected chi connectivity index (χ0v) is 23.3. The summed E-state index contributed by atoms with van der Waals surface area (Å²) in [5.74, 6) is -1.32. The van der Waals surface area contributed by atoms with Crippen molar-refractivity contribution in [1.82, 2.24) is 20.1 Å². The highest BCUT2D eigenvalue weighted by Crippen LogP contribution is 2.21. The molecule has 1 atom stereocenters. The monoisotopic (exact) mass is 571 g/mol. The van der Waals surface area contributed by atoms with Crippen LogP contribution in [-0.4, -0.2) is 77.7 Å². The van der Waals surface area contributed by atoms with Crippen LogP contribution in [0.4, 0.5) is 5.69 Å². The molecule has 9 nitrogen and oxygen atoms in total. The number of nitrogens with zero attached hydrogens (tertiary/aromatic N) is 3. The van der Waals surface area contributed by atoms with Gasteiger partial charge in [-0.15, -0.1) is 0 Å². The van der Waals surface area contributed by atoms with Crippen LogP contribution in [-0.2, 0) is 20.8 Å². The zero-order valence-electron chi connectivity index (χ0n) is 22.5. The summed E-state index contributed by atoms with van der Waals surface area (Å²) in [6, 6.07) is 22.9. The van der Waals surface area contributed by atoms with Crippen LogP contribution in [0.1, 0.15) is 15.9 Å². The van der Waals surface area contributed by atoms with Gasteiger partial charge in [-0.1, -0.05) is 60.1 Å². The van der Waals surface area contributed by atoms with Gasteiger partial charge in [-0.2, -0.15) is 0 Å². The van der Waals surface area contributed by atoms with Crippen molar-refractivity contribution >= 4 is 51.8 Å². The van der Waals surface area contributed by atoms with Crippen molar-refractivity contribution in [2.24, 2.45) is 0 Å². The van der Waals surface area contributed by atoms with Crippen LogP contribution in [0.2, 0.25) is 5.02 Å². The summed E-state index contributed by atoms with van der Waals surface area (Å²) in [6.07, 6.45) is 1.94. The molecule has 1 saturated heterocycles. The molecule has 3 aromatic carbocycles. The van der Waals surface area contributed by atoms with Gasteiger partial charge in [0.15, 0.2) is 0 Å². The third kappa shape index (κ3) is 6.41. The van der Waals surface area contributed by atoms with Crippen LogP contribution in [0.15, 0.2) is 85.1 Å². The molecule has 1 fully saturated rings. The quantitative estimate of drug-likeness (QED) is 0.338. The summed E-state index contributed by atoms with van der Waals surface area (Å²) < 4.78 is 0. The van der Waals surface area contributed by atoms with Crippen LogP contribution in [0, 0.1) is 0 Å². The Morgan fingerprint density at radius 1 is 0.976 bits per heavy atom. The number of carbonyl (C=O) groups is 4. The standard InChI is InChI=1S/C31H30ClN5O4/c1-35(23-13-11-22(32)12-14-23)31(41)27(17-21-7-3-2-4-8-21)34-28(38)19-36-15-16-37(20-29(36)39)30(40)25-18-33-26-10-6-5-9-24(25)26/h2-14,18,27,33H,15-17,19-20H2,1H3,(H,34,38)/t27-/m0/s1. The number of rotatable bonds is 8. The molecule has 0 aliphatic carbocycles. The third-order valence-corrected chi connectivity index (χ3v) is 7.47. The summed E-state index contributed by atoms with van der Waals surface area (Å²) >= 11 is 6.00. The van der Waals surface area contributed by atoms with Crippen molar-refractivity contribution in [2.75, 3.05) is 38.1 Å². The number of fused-ring (bicyclic) bond motifs is 1. The van der Waals surface area contributed by atoms with E-state index in [4.69, 9.17) is 11.6 Å². The minimum Gasteiger partial charge on any atom is -0.360 e. The number of aromatic nitrogens is 1. The molecule has 1 aliphatic rings. The molecule has 4 aromatic rings. The number of halogens is 1. The predicted molar refractivity (Wildman–Crippen MR) is 158 cm³/mol. The minimum atomic E-state index is -0.856. The number of benzene rings is 3. The van der Waals surface area contributed by atoms with E-state index in [0.717, 1.165) is 16.5 Å². The first-order valence-corrected chi connectivity index (χ1v) is 13.7. The number of piperazine rings is 1. The van der Waals surface area contributed by atoms with Gasteiger partial charge in [-0.05, 0) is 35.9 Å². The molecule has 4 amide bonds. The number of amides is 4. The number of hydrogen-bond donors (Lipinski definition) is 2. The van der Waals surface area contributed by atoms with Gasteiger partial charge in [-0.25, -0.2) is 0 Å². The Bertz CT molecular complexity index is 1570. The first kappa shape index (κ1) is 27.9. The lowest BCUT2D eigenvalue weighted by molar-refractivity contribution is -0.139. The van der Waals surface area contributed by atoms with Crippen molar-refractivity contribution in [2.45, 2.75) is 12.5 Å². The molecule has 0 bridgehead atoms. The van der Waals surface area contributed by atoms with E-state index in [0.29, 0.717) is 22.8 Å². The smallest absolute Gasteiger partial charge is 0.256 e. The first-order chi connectivity index (χ1) is 19.8. The second-order valence-electron chi connectivity index (χ2n) is 9.97. The van der Waals surface area contributed by atoms with Crippen molar-refractivity contribution in [3.8, 4) is 0 Å². The Morgan fingerprint density at radius 2 is 1.68 bits per heavy atom. The van der Waals surface area contributed by atoms with Crippen molar-refractivity contribution in [3.63, 3.8) is 0 Å². The Balaban J connectivity index is 1.23. The molecule has 41 heavy (non-hydrogen) atoms. The predicted octanol–water partition coefficient (Wildman–Crippen LogP) is 3.50. The lowest BCUT2D eigenvalue weighted by Gasteiger charge is -2.34. The van der Waals surface area contributed by atoms with Gasteiger partial charge in [0.2, 0.25) is 17.7 Å². The molecule has 10 heteroatoms. The fourth-order valence-electron chi connectivity index (χ4n) is 4.96. The van der Waals surface area contributed by atoms with Crippen molar-refractivity contribution in [3.05, 3.63) is 101 Å². The second kappa shape index (κ2) is 12.3. The molecule has 0 spiro atoms. The lowest BCUT2D eigenvalue weighted by Crippen LogP contribution is -2.56. The highest BCUT2D eigenvalue weighted by atomic mass is 35.5. The molecule has 1 aliphatic heterocycles. The minimum absolute atomic E-state index is 0.128. The van der Waals surface area contributed by atoms with Gasteiger partial charge in [-0.3, -0.25) is 19.2 Å². The van der Waals surface area contributed by atoms with Gasteiger partial charge in [0.1, 0.15) is 12.6 Å². The fraction of sp³-hybridized carbons (Fsp3) is 0.226. The van der Waals surface area contributed by atoms with E-state index in [-0.39, 0.29) is 43.8 Å². The maximum Gasteiger partial charge on any atom is 0.256 e. The number of likely N-dealkylation sites (N-methyl/N-ethyl adjacent to an activating group) is 1. The van der Waals surface area contributed by atoms with Gasteiger partial charge in [0, 0.05) is 54.4 Å². The van der Waals surface area contributed by atoms with Crippen LogP contribution in [0.25, 0.3) is 10.9 Å². The van der Waals surface area contributed by atoms with Gasteiger partial charge in [0.05, 0.1) is 12.1 Å². The summed E-state index contributed by atoms with van der Waals surface area (Å²) in [5, 5.41) is 4.19. The molecule has 2 heterocycles. The van der Waals surface area contributed by atoms with E-state index < -0.39 is 11.9 Å². The highest BCUT2D eigenvalue weighted by Gasteiger charge is 2.31. The molecule has 1 aromatic heterocycles. The summed E-state index contributed by atoms with van der Waals surface area (Å²) in [7, 11) is 1.64. The number of aromatic amines is 1. The number of H-pyrrole nitrogens is 1. The van der Waals surface area contributed by atoms with Gasteiger partial charge in [0.25, 0.3) is 5.91 Å². The van der Waals surface area contributed by atoms with Gasteiger partial charge >= 0.3 is 0 Å². The first-order valence-electron chi connectivity index (χ1n) is 13.3. The maximum absolute atomic E-state index is 13.5. The number of para-hydroxylation sites is 1. The average molecular weight is 572 g/mol. The van der Waals surface area contributed by atoms with E-state index in [9.17, 15) is 19.2 Å². The summed E-state index contributed by atoms with van der Waals surface area (Å²) in [4.78, 5) is 60.2. The van der Waals surface area contributed by atoms with Crippen molar-refractivity contribution < 1.29 is 19.2 Å². The topological polar surface area (TPSA) is 106 Å². The van der Waals surface area contributed by atoms with E-state index in [1.165, 1.54) is 14.7 Å². The van der Waals surface area contributed by atoms with E-state index >= 15 is 0 Å². The molecular formula is C31H30ClN5O4. The lowest BCUT2D eigenvalue weighted by atomic mass is 10.0. The summed E-state index contributed by atoms with van der Waals surface area (Å²) in [5.41, 5.74) is 2.87. The molecular weight excluding hydrogens is 542 g/mol. The fourth-order valence-corrected chi connectivity index (χ4v) is 5.08. The molecule has 0 unspecified atom stereocenters. The van der Waals surface area contributed by atoms with Crippen LogP contribution in [0.3, 0.4) is 0 Å². The molecule has 2 N–H and O–H groups in total. The number of anilines is 1. The highest BCUT2D eigenvalue weighted by molar-refractivity contribution is 6.30. The Morgan fingerprint density at radius 3 is 2.41 bits per heavy atom. The third-order valence-electron chi connectivity index (χ3n) is 7.22. The largest absolute Gasteiger partial charge is 0.360 e. The summed E-state index contributed by atoms with van der Waals surface area (Å²) in [6.45, 7) is 0.167. The van der Waals surface area contributed by atoms with Crippen LogP contribution >= 0.6 is 11.6 Å². The molecule has 5 rings (SSSR count). The van der Waals surface area contributed by atoms with Gasteiger partial charge < -0.3 is 25.0 Å². The van der Waals surface area contributed by atoms with E-state index in [1.807, 2.05) is 54.6 Å². The maximum atomic E-state index is 13.5. The number of nitrogens with one attached hydrogen (secondary N) is 2. The van der Waals surface area contributed by atoms with Crippen LogP contribution < -0.4 is 10.2 Å². The SMILES string of the molecule is CN(C(=O)[C@H](Cc1ccccc1)NC(=O)CN1CCN(C(=O)c2c[nH]c3ccccc23)CC1=O)c1ccc(Cl)cc1. The Labute approximate surface area is 242 Å². The molecule has 0 radical (unpaired) electrons. The number of hydrogen-bond acceptors (Lipinski definition) is 4. The second-order valence-corrected chi connectivity index (χ2v) is 10.4. The van der Waals surface area contributed by atoms with E-state index in [1.54, 1.807) is 37.5 Å². The Kier molecular flexibility index (Phi) is 8.35. The molecule has 210 valence electrons. The molecule has 0 saturated carbocycles. The normalized spacial score (nSPS) is 14.1. The average Bonchev–Trinajstić information content (AvgIpc) is 3.42. The number of carbonyl (C=O) groups excluding carboxylic acids is 4. The Hall–Kier alpha value is -4.63.